The van der Waals surface area contributed by atoms with Gasteiger partial charge < -0.3 is 15.2 Å². The summed E-state index contributed by atoms with van der Waals surface area (Å²) in [5.41, 5.74) is 0.00189. The third-order valence-corrected chi connectivity index (χ3v) is 4.17. The number of hydrogen-bond donors (Lipinski definition) is 2. The number of benzene rings is 1. The van der Waals surface area contributed by atoms with Gasteiger partial charge in [0.1, 0.15) is 5.41 Å². The van der Waals surface area contributed by atoms with Gasteiger partial charge in [-0.05, 0) is 31.5 Å². The van der Waals surface area contributed by atoms with Gasteiger partial charge in [0.15, 0.2) is 0 Å². The third kappa shape index (κ3) is 2.51. The minimum atomic E-state index is -1.11. The van der Waals surface area contributed by atoms with Crippen LogP contribution in [0.25, 0.3) is 0 Å². The zero-order valence-electron chi connectivity index (χ0n) is 11.3. The Morgan fingerprint density at radius 2 is 2.20 bits per heavy atom. The quantitative estimate of drug-likeness (QED) is 0.893. The summed E-state index contributed by atoms with van der Waals surface area (Å²) in [6, 6.07) is 4.48. The summed E-state index contributed by atoms with van der Waals surface area (Å²) < 4.78 is 5.20. The molecule has 1 aliphatic heterocycles. The number of carbonyl (C=O) groups is 2. The van der Waals surface area contributed by atoms with Crippen LogP contribution in [0.1, 0.15) is 22.8 Å². The molecule has 6 heteroatoms. The molecule has 0 aliphatic carbocycles. The Morgan fingerprint density at radius 1 is 1.50 bits per heavy atom. The lowest BCUT2D eigenvalue weighted by Gasteiger charge is -2.25. The predicted octanol–water partition coefficient (Wildman–Crippen LogP) is 1.87. The molecule has 1 saturated heterocycles. The summed E-state index contributed by atoms with van der Waals surface area (Å²) in [4.78, 5) is 23.6. The summed E-state index contributed by atoms with van der Waals surface area (Å²) in [7, 11) is 0. The topological polar surface area (TPSA) is 75.6 Å². The fraction of sp³-hybridized carbons (Fsp3) is 0.429. The Balaban J connectivity index is 2.20. The number of nitrogens with one attached hydrogen (secondary N) is 1. The molecule has 2 unspecified atom stereocenters. The molecule has 2 rings (SSSR count). The molecule has 0 aromatic heterocycles. The van der Waals surface area contributed by atoms with Gasteiger partial charge in [-0.25, -0.2) is 0 Å². The first kappa shape index (κ1) is 14.8. The molecule has 2 N–H and O–H groups in total. The predicted molar refractivity (Wildman–Crippen MR) is 74.0 cm³/mol. The fourth-order valence-corrected chi connectivity index (χ4v) is 2.35. The first-order valence-corrected chi connectivity index (χ1v) is 6.61. The third-order valence-electron chi connectivity index (χ3n) is 3.76. The summed E-state index contributed by atoms with van der Waals surface area (Å²) in [6.07, 6.45) is 0. The van der Waals surface area contributed by atoms with Crippen molar-refractivity contribution in [3.8, 4) is 0 Å². The van der Waals surface area contributed by atoms with E-state index in [0.29, 0.717) is 16.1 Å². The largest absolute Gasteiger partial charge is 0.481 e. The van der Waals surface area contributed by atoms with Crippen molar-refractivity contribution in [2.45, 2.75) is 19.9 Å². The van der Waals surface area contributed by atoms with Crippen molar-refractivity contribution in [2.24, 2.45) is 5.41 Å². The average molecular weight is 298 g/mol. The molecule has 108 valence electrons. The highest BCUT2D eigenvalue weighted by Crippen LogP contribution is 2.29. The maximum atomic E-state index is 12.3. The molecule has 0 saturated carbocycles. The Bertz CT molecular complexity index is 560. The van der Waals surface area contributed by atoms with E-state index in [-0.39, 0.29) is 19.1 Å². The van der Waals surface area contributed by atoms with Gasteiger partial charge in [0.05, 0.1) is 19.3 Å². The first-order chi connectivity index (χ1) is 9.36. The number of rotatable bonds is 3. The van der Waals surface area contributed by atoms with Gasteiger partial charge in [-0.3, -0.25) is 9.59 Å². The van der Waals surface area contributed by atoms with Crippen LogP contribution in [-0.2, 0) is 9.53 Å². The van der Waals surface area contributed by atoms with E-state index >= 15 is 0 Å². The number of carboxylic acids is 1. The van der Waals surface area contributed by atoms with Crippen molar-refractivity contribution in [3.05, 3.63) is 34.3 Å². The van der Waals surface area contributed by atoms with Crippen LogP contribution in [0, 0.1) is 12.3 Å². The molecule has 1 aromatic rings. The SMILES string of the molecule is Cc1c(Cl)cccc1C(=O)NC1COCC1(C)C(=O)O. The van der Waals surface area contributed by atoms with Crippen LogP contribution in [0.2, 0.25) is 5.02 Å². The number of halogens is 1. The van der Waals surface area contributed by atoms with Crippen LogP contribution < -0.4 is 5.32 Å². The van der Waals surface area contributed by atoms with Crippen LogP contribution in [0.3, 0.4) is 0 Å². The maximum Gasteiger partial charge on any atom is 0.313 e. The number of hydrogen-bond acceptors (Lipinski definition) is 3. The van der Waals surface area contributed by atoms with Gasteiger partial charge >= 0.3 is 5.97 Å². The van der Waals surface area contributed by atoms with E-state index in [0.717, 1.165) is 0 Å². The van der Waals surface area contributed by atoms with E-state index in [1.165, 1.54) is 0 Å². The zero-order valence-corrected chi connectivity index (χ0v) is 12.0. The van der Waals surface area contributed by atoms with E-state index in [1.54, 1.807) is 32.0 Å². The molecule has 0 spiro atoms. The lowest BCUT2D eigenvalue weighted by atomic mass is 9.85. The highest BCUT2D eigenvalue weighted by Gasteiger charge is 2.47. The second-order valence-electron chi connectivity index (χ2n) is 5.18. The standard InChI is InChI=1S/C14H16ClNO4/c1-8-9(4-3-5-10(8)15)12(17)16-11-6-20-7-14(11,2)13(18)19/h3-5,11H,6-7H2,1-2H3,(H,16,17)(H,18,19). The van der Waals surface area contributed by atoms with Gasteiger partial charge in [-0.2, -0.15) is 0 Å². The van der Waals surface area contributed by atoms with Crippen molar-refractivity contribution in [3.63, 3.8) is 0 Å². The Kier molecular flexibility index (Phi) is 4.01. The molecular formula is C14H16ClNO4. The van der Waals surface area contributed by atoms with Gasteiger partial charge in [-0.1, -0.05) is 17.7 Å². The minimum absolute atomic E-state index is 0.0851. The normalized spacial score (nSPS) is 25.4. The van der Waals surface area contributed by atoms with Gasteiger partial charge in [-0.15, -0.1) is 0 Å². The van der Waals surface area contributed by atoms with Crippen molar-refractivity contribution in [1.82, 2.24) is 5.32 Å². The summed E-state index contributed by atoms with van der Waals surface area (Å²) in [6.45, 7) is 3.59. The van der Waals surface area contributed by atoms with Crippen molar-refractivity contribution in [1.29, 1.82) is 0 Å². The molecule has 20 heavy (non-hydrogen) atoms. The molecule has 1 fully saturated rings. The van der Waals surface area contributed by atoms with Crippen molar-refractivity contribution in [2.75, 3.05) is 13.2 Å². The minimum Gasteiger partial charge on any atom is -0.481 e. The fourth-order valence-electron chi connectivity index (χ4n) is 2.17. The summed E-state index contributed by atoms with van der Waals surface area (Å²) in [5, 5.41) is 12.5. The van der Waals surface area contributed by atoms with Crippen LogP contribution in [0.15, 0.2) is 18.2 Å². The lowest BCUT2D eigenvalue weighted by molar-refractivity contribution is -0.148. The summed E-state index contributed by atoms with van der Waals surface area (Å²) >= 11 is 5.98. The second kappa shape index (κ2) is 5.42. The highest BCUT2D eigenvalue weighted by molar-refractivity contribution is 6.31. The molecule has 1 aromatic carbocycles. The second-order valence-corrected chi connectivity index (χ2v) is 5.58. The van der Waals surface area contributed by atoms with Crippen LogP contribution in [-0.4, -0.2) is 36.2 Å². The number of aliphatic carboxylic acids is 1. The Morgan fingerprint density at radius 3 is 2.85 bits per heavy atom. The van der Waals surface area contributed by atoms with Crippen molar-refractivity contribution < 1.29 is 19.4 Å². The van der Waals surface area contributed by atoms with Gasteiger partial charge in [0.25, 0.3) is 5.91 Å². The Labute approximate surface area is 121 Å². The highest BCUT2D eigenvalue weighted by atomic mass is 35.5. The van der Waals surface area contributed by atoms with Crippen LogP contribution >= 0.6 is 11.6 Å². The summed E-state index contributed by atoms with van der Waals surface area (Å²) in [5.74, 6) is -1.32. The van der Waals surface area contributed by atoms with E-state index in [4.69, 9.17) is 16.3 Å². The molecule has 5 nitrogen and oxygen atoms in total. The average Bonchev–Trinajstić information content (AvgIpc) is 2.75. The molecule has 1 amide bonds. The molecule has 0 bridgehead atoms. The molecule has 1 aliphatic rings. The van der Waals surface area contributed by atoms with Crippen molar-refractivity contribution >= 4 is 23.5 Å². The van der Waals surface area contributed by atoms with Gasteiger partial charge in [0.2, 0.25) is 0 Å². The van der Waals surface area contributed by atoms with Crippen LogP contribution in [0.4, 0.5) is 0 Å². The molecule has 1 heterocycles. The van der Waals surface area contributed by atoms with E-state index in [2.05, 4.69) is 5.32 Å². The smallest absolute Gasteiger partial charge is 0.313 e. The number of ether oxygens (including phenoxy) is 1. The van der Waals surface area contributed by atoms with Crippen LogP contribution in [0.5, 0.6) is 0 Å². The molecule has 0 radical (unpaired) electrons. The lowest BCUT2D eigenvalue weighted by Crippen LogP contribution is -2.49. The van der Waals surface area contributed by atoms with E-state index in [9.17, 15) is 14.7 Å². The van der Waals surface area contributed by atoms with Gasteiger partial charge in [0, 0.05) is 10.6 Å². The number of amides is 1. The molecule has 2 atom stereocenters. The number of carbonyl (C=O) groups excluding carboxylic acids is 1. The maximum absolute atomic E-state index is 12.3. The first-order valence-electron chi connectivity index (χ1n) is 6.23. The van der Waals surface area contributed by atoms with E-state index in [1.807, 2.05) is 0 Å². The van der Waals surface area contributed by atoms with E-state index < -0.39 is 17.4 Å². The Hall–Kier alpha value is -1.59. The zero-order chi connectivity index (χ0) is 14.9. The molecular weight excluding hydrogens is 282 g/mol. The monoisotopic (exact) mass is 297 g/mol. The number of carboxylic acid groups (broad SMARTS) is 1.